The van der Waals surface area contributed by atoms with Gasteiger partial charge in [0.15, 0.2) is 0 Å². The third kappa shape index (κ3) is 1.75. The van der Waals surface area contributed by atoms with E-state index in [2.05, 4.69) is 17.1 Å². The number of Topliss-reactive ketones (excluding diaryl/α,β-unsaturated/α-hetero) is 1. The van der Waals surface area contributed by atoms with Crippen LogP contribution in [0.25, 0.3) is 0 Å². The van der Waals surface area contributed by atoms with Gasteiger partial charge < -0.3 is 0 Å². The average molecular weight is 217 g/mol. The fraction of sp³-hybridized carbons (Fsp3) is 0.643. The van der Waals surface area contributed by atoms with Gasteiger partial charge in [-0.1, -0.05) is 17.7 Å². The van der Waals surface area contributed by atoms with Crippen molar-refractivity contribution < 1.29 is 4.79 Å². The van der Waals surface area contributed by atoms with Gasteiger partial charge in [-0.2, -0.15) is 0 Å². The minimum Gasteiger partial charge on any atom is -0.300 e. The first-order chi connectivity index (χ1) is 7.84. The van der Waals surface area contributed by atoms with Gasteiger partial charge >= 0.3 is 0 Å². The minimum atomic E-state index is 0.447. The van der Waals surface area contributed by atoms with Crippen LogP contribution in [0.1, 0.15) is 38.5 Å². The SMILES string of the molecule is O=C1CCN([C@H]2CCC3=C2C=CCC3)CC1. The third-order valence-corrected chi connectivity index (χ3v) is 4.19. The summed E-state index contributed by atoms with van der Waals surface area (Å²) in [6.45, 7) is 1.96. The number of ketones is 1. The van der Waals surface area contributed by atoms with Crippen LogP contribution in [0.5, 0.6) is 0 Å². The molecule has 1 atom stereocenters. The first-order valence-corrected chi connectivity index (χ1v) is 6.49. The molecule has 0 aromatic rings. The molecule has 0 radical (unpaired) electrons. The largest absolute Gasteiger partial charge is 0.300 e. The quantitative estimate of drug-likeness (QED) is 0.672. The van der Waals surface area contributed by atoms with E-state index in [9.17, 15) is 4.79 Å². The number of allylic oxidation sites excluding steroid dienone is 2. The smallest absolute Gasteiger partial charge is 0.135 e. The highest BCUT2D eigenvalue weighted by molar-refractivity contribution is 5.79. The maximum atomic E-state index is 11.3. The number of hydrogen-bond acceptors (Lipinski definition) is 2. The maximum absolute atomic E-state index is 11.3. The van der Waals surface area contributed by atoms with Crippen molar-refractivity contribution in [3.63, 3.8) is 0 Å². The minimum absolute atomic E-state index is 0.447. The monoisotopic (exact) mass is 217 g/mol. The molecule has 86 valence electrons. The van der Waals surface area contributed by atoms with Crippen LogP contribution in [0.4, 0.5) is 0 Å². The molecule has 0 saturated carbocycles. The van der Waals surface area contributed by atoms with Gasteiger partial charge in [-0.05, 0) is 31.3 Å². The highest BCUT2D eigenvalue weighted by Gasteiger charge is 2.31. The van der Waals surface area contributed by atoms with Gasteiger partial charge in [0.1, 0.15) is 5.78 Å². The van der Waals surface area contributed by atoms with Gasteiger partial charge in [-0.15, -0.1) is 0 Å². The fourth-order valence-electron chi connectivity index (χ4n) is 3.28. The van der Waals surface area contributed by atoms with Gasteiger partial charge in [0.2, 0.25) is 0 Å². The molecule has 3 rings (SSSR count). The lowest BCUT2D eigenvalue weighted by molar-refractivity contribution is -0.121. The Morgan fingerprint density at radius 2 is 1.94 bits per heavy atom. The maximum Gasteiger partial charge on any atom is 0.135 e. The molecule has 2 aliphatic carbocycles. The number of nitrogens with zero attached hydrogens (tertiary/aromatic N) is 1. The molecule has 0 aromatic carbocycles. The molecular weight excluding hydrogens is 198 g/mol. The predicted molar refractivity (Wildman–Crippen MR) is 64.2 cm³/mol. The molecule has 2 heteroatoms. The van der Waals surface area contributed by atoms with E-state index < -0.39 is 0 Å². The van der Waals surface area contributed by atoms with Crippen LogP contribution in [-0.2, 0) is 4.79 Å². The number of carbonyl (C=O) groups excluding carboxylic acids is 1. The van der Waals surface area contributed by atoms with Crippen molar-refractivity contribution >= 4 is 5.78 Å². The number of piperidine rings is 1. The number of carbonyl (C=O) groups is 1. The Hall–Kier alpha value is -0.890. The highest BCUT2D eigenvalue weighted by atomic mass is 16.1. The van der Waals surface area contributed by atoms with Crippen LogP contribution in [0.2, 0.25) is 0 Å². The molecule has 1 saturated heterocycles. The van der Waals surface area contributed by atoms with E-state index in [0.29, 0.717) is 11.8 Å². The summed E-state index contributed by atoms with van der Waals surface area (Å²) in [6.07, 6.45) is 11.3. The zero-order chi connectivity index (χ0) is 11.0. The summed E-state index contributed by atoms with van der Waals surface area (Å²) in [6, 6.07) is 0.625. The van der Waals surface area contributed by atoms with E-state index in [1.807, 2.05) is 0 Å². The molecule has 1 aliphatic heterocycles. The van der Waals surface area contributed by atoms with Crippen LogP contribution in [0, 0.1) is 0 Å². The van der Waals surface area contributed by atoms with Gasteiger partial charge in [0.05, 0.1) is 0 Å². The standard InChI is InChI=1S/C14H19NO/c16-12-7-9-15(10-8-12)14-6-5-11-3-1-2-4-13(11)14/h2,4,14H,1,3,5-10H2/t14-/m0/s1. The molecule has 0 spiro atoms. The fourth-order valence-corrected chi connectivity index (χ4v) is 3.28. The first kappa shape index (κ1) is 10.3. The lowest BCUT2D eigenvalue weighted by Gasteiger charge is -2.33. The zero-order valence-electron chi connectivity index (χ0n) is 9.74. The molecule has 2 nitrogen and oxygen atoms in total. The molecule has 1 fully saturated rings. The summed E-state index contributed by atoms with van der Waals surface area (Å²) in [7, 11) is 0. The van der Waals surface area contributed by atoms with E-state index in [1.54, 1.807) is 11.1 Å². The van der Waals surface area contributed by atoms with Crippen molar-refractivity contribution in [1.29, 1.82) is 0 Å². The van der Waals surface area contributed by atoms with Crippen LogP contribution in [-0.4, -0.2) is 29.8 Å². The Bertz CT molecular complexity index is 357. The van der Waals surface area contributed by atoms with Gasteiger partial charge in [0.25, 0.3) is 0 Å². The van der Waals surface area contributed by atoms with Crippen molar-refractivity contribution in [1.82, 2.24) is 4.90 Å². The van der Waals surface area contributed by atoms with Crippen LogP contribution >= 0.6 is 0 Å². The normalized spacial score (nSPS) is 31.0. The number of rotatable bonds is 1. The lowest BCUT2D eigenvalue weighted by Crippen LogP contribution is -2.41. The van der Waals surface area contributed by atoms with Crippen LogP contribution < -0.4 is 0 Å². The van der Waals surface area contributed by atoms with E-state index in [0.717, 1.165) is 25.9 Å². The Morgan fingerprint density at radius 1 is 1.12 bits per heavy atom. The summed E-state index contributed by atoms with van der Waals surface area (Å²) >= 11 is 0. The molecule has 16 heavy (non-hydrogen) atoms. The summed E-state index contributed by atoms with van der Waals surface area (Å²) in [5, 5.41) is 0. The molecule has 3 aliphatic rings. The summed E-state index contributed by atoms with van der Waals surface area (Å²) in [5.41, 5.74) is 3.27. The molecule has 0 amide bonds. The van der Waals surface area contributed by atoms with Crippen molar-refractivity contribution in [3.05, 3.63) is 23.3 Å². The summed E-state index contributed by atoms with van der Waals surface area (Å²) < 4.78 is 0. The lowest BCUT2D eigenvalue weighted by atomic mass is 9.97. The Balaban J connectivity index is 1.74. The van der Waals surface area contributed by atoms with Crippen LogP contribution in [0.3, 0.4) is 0 Å². The molecule has 1 heterocycles. The molecular formula is C14H19NO. The van der Waals surface area contributed by atoms with Gasteiger partial charge in [-0.3, -0.25) is 9.69 Å². The van der Waals surface area contributed by atoms with Crippen molar-refractivity contribution in [2.75, 3.05) is 13.1 Å². The number of likely N-dealkylation sites (tertiary alicyclic amines) is 1. The first-order valence-electron chi connectivity index (χ1n) is 6.49. The Kier molecular flexibility index (Phi) is 2.68. The molecule has 0 N–H and O–H groups in total. The topological polar surface area (TPSA) is 20.3 Å². The van der Waals surface area contributed by atoms with E-state index in [1.165, 1.54) is 25.7 Å². The Morgan fingerprint density at radius 3 is 2.75 bits per heavy atom. The van der Waals surface area contributed by atoms with Crippen molar-refractivity contribution in [3.8, 4) is 0 Å². The molecule has 0 bridgehead atoms. The molecule has 0 unspecified atom stereocenters. The highest BCUT2D eigenvalue weighted by Crippen LogP contribution is 2.36. The zero-order valence-corrected chi connectivity index (χ0v) is 9.74. The summed E-state index contributed by atoms with van der Waals surface area (Å²) in [4.78, 5) is 13.8. The second-order valence-electron chi connectivity index (χ2n) is 5.13. The van der Waals surface area contributed by atoms with Crippen LogP contribution in [0.15, 0.2) is 23.3 Å². The molecule has 0 aromatic heterocycles. The Labute approximate surface area is 97.0 Å². The summed E-state index contributed by atoms with van der Waals surface area (Å²) in [5.74, 6) is 0.447. The predicted octanol–water partition coefficient (Wildman–Crippen LogP) is 2.46. The van der Waals surface area contributed by atoms with Crippen molar-refractivity contribution in [2.24, 2.45) is 0 Å². The van der Waals surface area contributed by atoms with Gasteiger partial charge in [0, 0.05) is 32.0 Å². The third-order valence-electron chi connectivity index (χ3n) is 4.19. The second kappa shape index (κ2) is 4.17. The average Bonchev–Trinajstić information content (AvgIpc) is 2.74. The van der Waals surface area contributed by atoms with E-state index in [4.69, 9.17) is 0 Å². The second-order valence-corrected chi connectivity index (χ2v) is 5.13. The van der Waals surface area contributed by atoms with E-state index in [-0.39, 0.29) is 0 Å². The van der Waals surface area contributed by atoms with Crippen molar-refractivity contribution in [2.45, 2.75) is 44.6 Å². The number of hydrogen-bond donors (Lipinski definition) is 0. The van der Waals surface area contributed by atoms with E-state index >= 15 is 0 Å². The van der Waals surface area contributed by atoms with Gasteiger partial charge in [-0.25, -0.2) is 0 Å².